The van der Waals surface area contributed by atoms with Gasteiger partial charge < -0.3 is 15.5 Å². The van der Waals surface area contributed by atoms with Gasteiger partial charge in [0.15, 0.2) is 0 Å². The minimum atomic E-state index is 0. The zero-order valence-corrected chi connectivity index (χ0v) is 11.6. The number of nitrogens with zero attached hydrogens (tertiary/aromatic N) is 1. The monoisotopic (exact) mass is 269 g/mol. The Morgan fingerprint density at radius 3 is 2.89 bits per heavy atom. The van der Waals surface area contributed by atoms with Crippen molar-refractivity contribution in [2.45, 2.75) is 13.0 Å². The molecule has 0 saturated carbocycles. The van der Waals surface area contributed by atoms with Gasteiger partial charge in [-0.2, -0.15) is 0 Å². The number of nitrogens with one attached hydrogen (secondary N) is 2. The van der Waals surface area contributed by atoms with Gasteiger partial charge in [0, 0.05) is 12.2 Å². The Hall–Kier alpha value is -1.10. The van der Waals surface area contributed by atoms with Gasteiger partial charge in [0.2, 0.25) is 5.91 Å². The first-order chi connectivity index (χ1) is 8.15. The number of carbonyl (C=O) groups is 1. The molecular formula is C13H20ClN3O. The van der Waals surface area contributed by atoms with Crippen LogP contribution in [0.2, 0.25) is 0 Å². The molecule has 0 saturated heterocycles. The van der Waals surface area contributed by atoms with E-state index >= 15 is 0 Å². The molecule has 0 atom stereocenters. The zero-order chi connectivity index (χ0) is 12.3. The molecule has 1 heterocycles. The van der Waals surface area contributed by atoms with Gasteiger partial charge in [-0.15, -0.1) is 12.4 Å². The molecular weight excluding hydrogens is 250 g/mol. The number of rotatable bonds is 3. The Bertz CT molecular complexity index is 421. The largest absolute Gasteiger partial charge is 0.325 e. The minimum Gasteiger partial charge on any atom is -0.325 e. The molecule has 0 spiro atoms. The summed E-state index contributed by atoms with van der Waals surface area (Å²) in [4.78, 5) is 13.5. The molecule has 1 aliphatic rings. The normalized spacial score (nSPS) is 13.7. The molecule has 0 unspecified atom stereocenters. The molecule has 100 valence electrons. The second-order valence-corrected chi connectivity index (χ2v) is 4.70. The van der Waals surface area contributed by atoms with Crippen LogP contribution in [0.15, 0.2) is 18.2 Å². The van der Waals surface area contributed by atoms with Crippen LogP contribution < -0.4 is 10.6 Å². The van der Waals surface area contributed by atoms with Crippen molar-refractivity contribution in [1.82, 2.24) is 10.2 Å². The lowest BCUT2D eigenvalue weighted by Crippen LogP contribution is -2.27. The van der Waals surface area contributed by atoms with Gasteiger partial charge in [-0.25, -0.2) is 0 Å². The molecule has 1 aliphatic heterocycles. The third-order valence-corrected chi connectivity index (χ3v) is 2.84. The first kappa shape index (κ1) is 15.0. The van der Waals surface area contributed by atoms with E-state index in [0.717, 1.165) is 25.2 Å². The van der Waals surface area contributed by atoms with Crippen LogP contribution in [0.1, 0.15) is 11.1 Å². The number of hydrogen-bond donors (Lipinski definition) is 2. The van der Waals surface area contributed by atoms with Crippen molar-refractivity contribution in [2.75, 3.05) is 32.5 Å². The van der Waals surface area contributed by atoms with E-state index in [4.69, 9.17) is 0 Å². The molecule has 1 aromatic rings. The van der Waals surface area contributed by atoms with Crippen LogP contribution in [0, 0.1) is 0 Å². The summed E-state index contributed by atoms with van der Waals surface area (Å²) in [7, 11) is 3.77. The summed E-state index contributed by atoms with van der Waals surface area (Å²) in [5.74, 6) is 0.0266. The number of carbonyl (C=O) groups excluding carboxylic acids is 1. The SMILES string of the molecule is CN(C)CC(=O)Nc1ccc2c(c1)CNCC2.Cl. The molecule has 18 heavy (non-hydrogen) atoms. The number of anilines is 1. The van der Waals surface area contributed by atoms with E-state index in [1.54, 1.807) is 0 Å². The topological polar surface area (TPSA) is 44.4 Å². The molecule has 0 fully saturated rings. The van der Waals surface area contributed by atoms with E-state index < -0.39 is 0 Å². The van der Waals surface area contributed by atoms with Crippen LogP contribution in [0.25, 0.3) is 0 Å². The van der Waals surface area contributed by atoms with E-state index in [9.17, 15) is 4.79 Å². The Labute approximate surface area is 114 Å². The number of benzene rings is 1. The quantitative estimate of drug-likeness (QED) is 0.868. The van der Waals surface area contributed by atoms with Gasteiger partial charge in [0.05, 0.1) is 6.54 Å². The molecule has 1 aromatic carbocycles. The second-order valence-electron chi connectivity index (χ2n) is 4.70. The second kappa shape index (κ2) is 6.73. The molecule has 4 nitrogen and oxygen atoms in total. The zero-order valence-electron chi connectivity index (χ0n) is 10.8. The smallest absolute Gasteiger partial charge is 0.238 e. The predicted molar refractivity (Wildman–Crippen MR) is 76.3 cm³/mol. The standard InChI is InChI=1S/C13H19N3O.ClH/c1-16(2)9-13(17)15-12-4-3-10-5-6-14-8-11(10)7-12;/h3-4,7,14H,5-6,8-9H2,1-2H3,(H,15,17);1H. The van der Waals surface area contributed by atoms with Crippen molar-refractivity contribution in [1.29, 1.82) is 0 Å². The van der Waals surface area contributed by atoms with Crippen molar-refractivity contribution in [3.63, 3.8) is 0 Å². The van der Waals surface area contributed by atoms with E-state index in [2.05, 4.69) is 22.8 Å². The summed E-state index contributed by atoms with van der Waals surface area (Å²) >= 11 is 0. The van der Waals surface area contributed by atoms with Gasteiger partial charge in [-0.05, 0) is 50.3 Å². The average Bonchev–Trinajstić information content (AvgIpc) is 2.27. The Morgan fingerprint density at radius 1 is 1.39 bits per heavy atom. The Morgan fingerprint density at radius 2 is 2.17 bits per heavy atom. The number of hydrogen-bond acceptors (Lipinski definition) is 3. The van der Waals surface area contributed by atoms with Crippen LogP contribution in [0.5, 0.6) is 0 Å². The maximum absolute atomic E-state index is 11.6. The highest BCUT2D eigenvalue weighted by Gasteiger charge is 2.10. The van der Waals surface area contributed by atoms with Crippen LogP contribution in [-0.2, 0) is 17.8 Å². The molecule has 0 aromatic heterocycles. The highest BCUT2D eigenvalue weighted by atomic mass is 35.5. The lowest BCUT2D eigenvalue weighted by atomic mass is 10.0. The van der Waals surface area contributed by atoms with Gasteiger partial charge in [0.1, 0.15) is 0 Å². The van der Waals surface area contributed by atoms with Gasteiger partial charge in [-0.3, -0.25) is 4.79 Å². The molecule has 0 aliphatic carbocycles. The minimum absolute atomic E-state index is 0. The van der Waals surface area contributed by atoms with Gasteiger partial charge in [0.25, 0.3) is 0 Å². The summed E-state index contributed by atoms with van der Waals surface area (Å²) < 4.78 is 0. The lowest BCUT2D eigenvalue weighted by molar-refractivity contribution is -0.116. The summed E-state index contributed by atoms with van der Waals surface area (Å²) in [6, 6.07) is 6.16. The van der Waals surface area contributed by atoms with Crippen molar-refractivity contribution in [3.05, 3.63) is 29.3 Å². The summed E-state index contributed by atoms with van der Waals surface area (Å²) in [5, 5.41) is 6.25. The summed E-state index contributed by atoms with van der Waals surface area (Å²) in [6.45, 7) is 2.35. The summed E-state index contributed by atoms with van der Waals surface area (Å²) in [6.07, 6.45) is 1.07. The van der Waals surface area contributed by atoms with E-state index in [-0.39, 0.29) is 18.3 Å². The number of amides is 1. The highest BCUT2D eigenvalue weighted by molar-refractivity contribution is 5.92. The van der Waals surface area contributed by atoms with Gasteiger partial charge >= 0.3 is 0 Å². The number of likely N-dealkylation sites (N-methyl/N-ethyl adjacent to an activating group) is 1. The van der Waals surface area contributed by atoms with Crippen molar-refractivity contribution < 1.29 is 4.79 Å². The third kappa shape index (κ3) is 3.98. The van der Waals surface area contributed by atoms with Crippen LogP contribution in [0.3, 0.4) is 0 Å². The molecule has 0 radical (unpaired) electrons. The number of fused-ring (bicyclic) bond motifs is 1. The van der Waals surface area contributed by atoms with Crippen molar-refractivity contribution >= 4 is 24.0 Å². The van der Waals surface area contributed by atoms with Crippen molar-refractivity contribution in [2.24, 2.45) is 0 Å². The van der Waals surface area contributed by atoms with E-state index in [1.165, 1.54) is 11.1 Å². The first-order valence-electron chi connectivity index (χ1n) is 5.92. The van der Waals surface area contributed by atoms with E-state index in [1.807, 2.05) is 25.1 Å². The van der Waals surface area contributed by atoms with E-state index in [0.29, 0.717) is 6.54 Å². The maximum atomic E-state index is 11.6. The highest BCUT2D eigenvalue weighted by Crippen LogP contribution is 2.18. The van der Waals surface area contributed by atoms with Crippen LogP contribution in [-0.4, -0.2) is 38.0 Å². The fourth-order valence-corrected chi connectivity index (χ4v) is 2.05. The average molecular weight is 270 g/mol. The molecule has 0 bridgehead atoms. The predicted octanol–water partition coefficient (Wildman–Crippen LogP) is 1.25. The van der Waals surface area contributed by atoms with Crippen LogP contribution >= 0.6 is 12.4 Å². The third-order valence-electron chi connectivity index (χ3n) is 2.84. The maximum Gasteiger partial charge on any atom is 0.238 e. The van der Waals surface area contributed by atoms with Crippen LogP contribution in [0.4, 0.5) is 5.69 Å². The molecule has 2 rings (SSSR count). The molecule has 1 amide bonds. The molecule has 2 N–H and O–H groups in total. The molecule has 5 heteroatoms. The Kier molecular flexibility index (Phi) is 5.59. The van der Waals surface area contributed by atoms with Gasteiger partial charge in [-0.1, -0.05) is 6.07 Å². The summed E-state index contributed by atoms with van der Waals surface area (Å²) in [5.41, 5.74) is 3.56. The fraction of sp³-hybridized carbons (Fsp3) is 0.462. The van der Waals surface area contributed by atoms with Crippen molar-refractivity contribution in [3.8, 4) is 0 Å². The fourth-order valence-electron chi connectivity index (χ4n) is 2.05. The number of halogens is 1. The first-order valence-corrected chi connectivity index (χ1v) is 5.92. The Balaban J connectivity index is 0.00000162. The lowest BCUT2D eigenvalue weighted by Gasteiger charge is -2.18.